The quantitative estimate of drug-likeness (QED) is 0.786. The summed E-state index contributed by atoms with van der Waals surface area (Å²) in [6, 6.07) is 6.93. The van der Waals surface area contributed by atoms with E-state index in [9.17, 15) is 5.11 Å². The van der Waals surface area contributed by atoms with Crippen LogP contribution >= 0.6 is 0 Å². The number of aryl methyl sites for hydroxylation is 2. The van der Waals surface area contributed by atoms with Crippen LogP contribution in [0.4, 0.5) is 0 Å². The summed E-state index contributed by atoms with van der Waals surface area (Å²) in [5, 5.41) is 11.0. The molecule has 1 aromatic rings. The molecule has 1 saturated carbocycles. The van der Waals surface area contributed by atoms with Gasteiger partial charge in [0.25, 0.3) is 0 Å². The molecule has 0 radical (unpaired) electrons. The van der Waals surface area contributed by atoms with Gasteiger partial charge in [-0.1, -0.05) is 50.8 Å². The summed E-state index contributed by atoms with van der Waals surface area (Å²) < 4.78 is 0. The Hall–Kier alpha value is -0.820. The van der Waals surface area contributed by atoms with Gasteiger partial charge < -0.3 is 5.11 Å². The van der Waals surface area contributed by atoms with Crippen LogP contribution in [0.5, 0.6) is 0 Å². The van der Waals surface area contributed by atoms with Gasteiger partial charge in [-0.05, 0) is 61.1 Å². The van der Waals surface area contributed by atoms with Crippen molar-refractivity contribution < 1.29 is 5.11 Å². The lowest BCUT2D eigenvalue weighted by atomic mass is 9.86. The van der Waals surface area contributed by atoms with E-state index in [1.54, 1.807) is 0 Å². The second-order valence-electron chi connectivity index (χ2n) is 7.44. The minimum Gasteiger partial charge on any atom is -0.390 e. The zero-order chi connectivity index (χ0) is 14.7. The van der Waals surface area contributed by atoms with Crippen LogP contribution in [0.2, 0.25) is 0 Å². The number of aliphatic hydroxyl groups is 1. The molecule has 0 heterocycles. The summed E-state index contributed by atoms with van der Waals surface area (Å²) >= 11 is 0. The molecule has 21 heavy (non-hydrogen) atoms. The first-order chi connectivity index (χ1) is 10.2. The number of fused-ring (bicyclic) bond motifs is 1. The molecule has 0 aliphatic heterocycles. The molecule has 2 atom stereocenters. The van der Waals surface area contributed by atoms with Crippen LogP contribution in [-0.2, 0) is 19.3 Å². The van der Waals surface area contributed by atoms with Crippen molar-refractivity contribution in [3.63, 3.8) is 0 Å². The Morgan fingerprint density at radius 3 is 2.81 bits per heavy atom. The number of hydrogen-bond acceptors (Lipinski definition) is 1. The van der Waals surface area contributed by atoms with Gasteiger partial charge in [0.2, 0.25) is 0 Å². The highest BCUT2D eigenvalue weighted by molar-refractivity contribution is 5.35. The maximum absolute atomic E-state index is 11.0. The van der Waals surface area contributed by atoms with Gasteiger partial charge in [0, 0.05) is 6.42 Å². The molecule has 1 N–H and O–H groups in total. The molecular formula is C20H30O. The van der Waals surface area contributed by atoms with Gasteiger partial charge in [-0.3, -0.25) is 0 Å². The van der Waals surface area contributed by atoms with E-state index in [-0.39, 0.29) is 0 Å². The summed E-state index contributed by atoms with van der Waals surface area (Å²) in [4.78, 5) is 0. The second-order valence-corrected chi connectivity index (χ2v) is 7.44. The Balaban J connectivity index is 1.65. The van der Waals surface area contributed by atoms with Crippen LogP contribution in [0.1, 0.15) is 75.0 Å². The summed E-state index contributed by atoms with van der Waals surface area (Å²) in [5.74, 6) is 0.851. The van der Waals surface area contributed by atoms with Crippen LogP contribution < -0.4 is 0 Å². The van der Waals surface area contributed by atoms with Crippen LogP contribution in [0.15, 0.2) is 18.2 Å². The normalized spacial score (nSPS) is 29.1. The molecule has 116 valence electrons. The van der Waals surface area contributed by atoms with Crippen molar-refractivity contribution in [2.45, 2.75) is 83.2 Å². The molecule has 2 aliphatic carbocycles. The van der Waals surface area contributed by atoms with Gasteiger partial charge in [0.15, 0.2) is 0 Å². The number of benzene rings is 1. The monoisotopic (exact) mass is 286 g/mol. The van der Waals surface area contributed by atoms with Crippen molar-refractivity contribution in [1.82, 2.24) is 0 Å². The Kier molecular flexibility index (Phi) is 4.69. The lowest BCUT2D eigenvalue weighted by Gasteiger charge is -2.27. The first kappa shape index (κ1) is 15.1. The molecule has 2 aliphatic rings. The predicted molar refractivity (Wildman–Crippen MR) is 88.6 cm³/mol. The zero-order valence-corrected chi connectivity index (χ0v) is 13.5. The third kappa shape index (κ3) is 3.69. The summed E-state index contributed by atoms with van der Waals surface area (Å²) in [7, 11) is 0. The summed E-state index contributed by atoms with van der Waals surface area (Å²) in [6.45, 7) is 2.28. The van der Waals surface area contributed by atoms with Gasteiger partial charge in [0.1, 0.15) is 0 Å². The minimum atomic E-state index is -0.449. The lowest BCUT2D eigenvalue weighted by Crippen LogP contribution is -2.30. The first-order valence-electron chi connectivity index (χ1n) is 9.01. The van der Waals surface area contributed by atoms with Crippen molar-refractivity contribution in [2.75, 3.05) is 0 Å². The van der Waals surface area contributed by atoms with Gasteiger partial charge in [-0.15, -0.1) is 0 Å². The van der Waals surface area contributed by atoms with Crippen LogP contribution in [0.25, 0.3) is 0 Å². The molecule has 1 nitrogen and oxygen atoms in total. The highest BCUT2D eigenvalue weighted by Gasteiger charge is 2.31. The van der Waals surface area contributed by atoms with E-state index in [4.69, 9.17) is 0 Å². The largest absolute Gasteiger partial charge is 0.390 e. The molecule has 1 heteroatoms. The molecule has 3 rings (SSSR count). The van der Waals surface area contributed by atoms with E-state index in [1.165, 1.54) is 68.1 Å². The standard InChI is InChI=1S/C20H30O/c1-2-5-16-6-4-12-20(21,13-11-16)15-17-9-10-18-7-3-8-19(18)14-17/h9-10,14,16,21H,2-8,11-13,15H2,1H3. The van der Waals surface area contributed by atoms with Crippen LogP contribution in [0.3, 0.4) is 0 Å². The van der Waals surface area contributed by atoms with Gasteiger partial charge in [-0.25, -0.2) is 0 Å². The topological polar surface area (TPSA) is 20.2 Å². The first-order valence-corrected chi connectivity index (χ1v) is 9.01. The molecule has 2 unspecified atom stereocenters. The van der Waals surface area contributed by atoms with Crippen LogP contribution in [0, 0.1) is 5.92 Å². The Bertz CT molecular complexity index is 479. The molecule has 0 spiro atoms. The Labute approximate surface area is 129 Å². The molecule has 0 saturated heterocycles. The van der Waals surface area contributed by atoms with Crippen LogP contribution in [-0.4, -0.2) is 10.7 Å². The SMILES string of the molecule is CCCC1CCCC(O)(Cc2ccc3c(c2)CCC3)CC1. The zero-order valence-electron chi connectivity index (χ0n) is 13.5. The average molecular weight is 286 g/mol. The van der Waals surface area contributed by atoms with Gasteiger partial charge >= 0.3 is 0 Å². The number of hydrogen-bond donors (Lipinski definition) is 1. The average Bonchev–Trinajstić information content (AvgIpc) is 2.85. The lowest BCUT2D eigenvalue weighted by molar-refractivity contribution is 0.0241. The Morgan fingerprint density at radius 1 is 1.10 bits per heavy atom. The van der Waals surface area contributed by atoms with E-state index in [2.05, 4.69) is 25.1 Å². The smallest absolute Gasteiger partial charge is 0.0688 e. The molecule has 1 fully saturated rings. The van der Waals surface area contributed by atoms with Crippen molar-refractivity contribution in [3.05, 3.63) is 34.9 Å². The molecule has 0 aromatic heterocycles. The van der Waals surface area contributed by atoms with E-state index in [1.807, 2.05) is 0 Å². The molecular weight excluding hydrogens is 256 g/mol. The fraction of sp³-hybridized carbons (Fsp3) is 0.700. The highest BCUT2D eigenvalue weighted by Crippen LogP contribution is 2.35. The van der Waals surface area contributed by atoms with Crippen molar-refractivity contribution in [3.8, 4) is 0 Å². The maximum Gasteiger partial charge on any atom is 0.0688 e. The fourth-order valence-corrected chi connectivity index (χ4v) is 4.45. The van der Waals surface area contributed by atoms with E-state index >= 15 is 0 Å². The van der Waals surface area contributed by atoms with Gasteiger partial charge in [-0.2, -0.15) is 0 Å². The van der Waals surface area contributed by atoms with E-state index < -0.39 is 5.60 Å². The minimum absolute atomic E-state index is 0.449. The fourth-order valence-electron chi connectivity index (χ4n) is 4.45. The predicted octanol–water partition coefficient (Wildman–Crippen LogP) is 4.83. The third-order valence-corrected chi connectivity index (χ3v) is 5.67. The summed E-state index contributed by atoms with van der Waals surface area (Å²) in [5.41, 5.74) is 3.98. The van der Waals surface area contributed by atoms with Crippen molar-refractivity contribution in [2.24, 2.45) is 5.92 Å². The third-order valence-electron chi connectivity index (χ3n) is 5.67. The second kappa shape index (κ2) is 6.52. The highest BCUT2D eigenvalue weighted by atomic mass is 16.3. The molecule has 0 amide bonds. The van der Waals surface area contributed by atoms with E-state index in [0.29, 0.717) is 0 Å². The maximum atomic E-state index is 11.0. The van der Waals surface area contributed by atoms with Gasteiger partial charge in [0.05, 0.1) is 5.60 Å². The van der Waals surface area contributed by atoms with E-state index in [0.717, 1.165) is 25.2 Å². The molecule has 1 aromatic carbocycles. The molecule has 0 bridgehead atoms. The van der Waals surface area contributed by atoms with Crippen molar-refractivity contribution in [1.29, 1.82) is 0 Å². The van der Waals surface area contributed by atoms with Crippen molar-refractivity contribution >= 4 is 0 Å². The summed E-state index contributed by atoms with van der Waals surface area (Å²) in [6.07, 6.45) is 13.0. The number of rotatable bonds is 4. The Morgan fingerprint density at radius 2 is 1.95 bits per heavy atom.